The smallest absolute Gasteiger partial charge is 0.328 e. The molecule has 0 bridgehead atoms. The van der Waals surface area contributed by atoms with E-state index in [1.54, 1.807) is 11.8 Å². The van der Waals surface area contributed by atoms with E-state index in [-0.39, 0.29) is 12.5 Å². The molecule has 1 heterocycles. The molecule has 1 aliphatic rings. The summed E-state index contributed by atoms with van der Waals surface area (Å²) in [6, 6.07) is -1.52. The van der Waals surface area contributed by atoms with Crippen LogP contribution in [-0.4, -0.2) is 65.2 Å². The van der Waals surface area contributed by atoms with Crippen LogP contribution in [0.4, 0.5) is 4.79 Å². The average molecular weight is 290 g/mol. The molecule has 8 heteroatoms. The van der Waals surface area contributed by atoms with Gasteiger partial charge in [0.05, 0.1) is 19.6 Å². The molecule has 1 aliphatic heterocycles. The van der Waals surface area contributed by atoms with Gasteiger partial charge in [0.1, 0.15) is 6.04 Å². The summed E-state index contributed by atoms with van der Waals surface area (Å²) in [7, 11) is 1.25. The Labute approximate surface area is 115 Å². The molecule has 0 aromatic heterocycles. The van der Waals surface area contributed by atoms with Crippen molar-refractivity contribution in [3.05, 3.63) is 0 Å². The second kappa shape index (κ2) is 7.22. The molecular formula is C11H18N2O5S. The van der Waals surface area contributed by atoms with Crippen molar-refractivity contribution < 1.29 is 24.2 Å². The van der Waals surface area contributed by atoms with Crippen molar-refractivity contribution in [1.29, 1.82) is 0 Å². The molecular weight excluding hydrogens is 272 g/mol. The number of urea groups is 1. The SMILES string of the molecule is COC(=O)C(C)NC(=O)N1CCSCC1CC(=O)O. The number of carbonyl (C=O) groups excluding carboxylic acids is 2. The van der Waals surface area contributed by atoms with Crippen LogP contribution in [0.15, 0.2) is 0 Å². The first-order chi connectivity index (χ1) is 8.95. The highest BCUT2D eigenvalue weighted by atomic mass is 32.2. The zero-order valence-electron chi connectivity index (χ0n) is 10.9. The largest absolute Gasteiger partial charge is 0.481 e. The summed E-state index contributed by atoms with van der Waals surface area (Å²) in [6.45, 7) is 2.00. The van der Waals surface area contributed by atoms with Crippen molar-refractivity contribution in [2.75, 3.05) is 25.2 Å². The number of aliphatic carboxylic acids is 1. The number of rotatable bonds is 4. The lowest BCUT2D eigenvalue weighted by Gasteiger charge is -2.35. The maximum atomic E-state index is 12.0. The Hall–Kier alpha value is -1.44. The Morgan fingerprint density at radius 3 is 2.79 bits per heavy atom. The maximum absolute atomic E-state index is 12.0. The number of hydrogen-bond acceptors (Lipinski definition) is 5. The summed E-state index contributed by atoms with van der Waals surface area (Å²) < 4.78 is 4.52. The predicted molar refractivity (Wildman–Crippen MR) is 70.1 cm³/mol. The van der Waals surface area contributed by atoms with Crippen LogP contribution < -0.4 is 5.32 Å². The number of nitrogens with one attached hydrogen (secondary N) is 1. The van der Waals surface area contributed by atoms with Crippen LogP contribution in [0.25, 0.3) is 0 Å². The zero-order valence-corrected chi connectivity index (χ0v) is 11.7. The molecule has 2 N–H and O–H groups in total. The predicted octanol–water partition coefficient (Wildman–Crippen LogP) is 0.150. The molecule has 0 aromatic carbocycles. The van der Waals surface area contributed by atoms with E-state index in [9.17, 15) is 14.4 Å². The lowest BCUT2D eigenvalue weighted by molar-refractivity contribution is -0.142. The number of amides is 2. The molecule has 2 unspecified atom stereocenters. The van der Waals surface area contributed by atoms with Gasteiger partial charge in [-0.3, -0.25) is 4.79 Å². The van der Waals surface area contributed by atoms with E-state index in [4.69, 9.17) is 5.11 Å². The van der Waals surface area contributed by atoms with Gasteiger partial charge in [-0.2, -0.15) is 11.8 Å². The average Bonchev–Trinajstić information content (AvgIpc) is 2.37. The Balaban J connectivity index is 2.61. The number of esters is 1. The highest BCUT2D eigenvalue weighted by Crippen LogP contribution is 2.19. The normalized spacial score (nSPS) is 20.5. The van der Waals surface area contributed by atoms with Crippen molar-refractivity contribution >= 4 is 29.7 Å². The van der Waals surface area contributed by atoms with Crippen molar-refractivity contribution in [2.45, 2.75) is 25.4 Å². The Morgan fingerprint density at radius 1 is 1.53 bits per heavy atom. The van der Waals surface area contributed by atoms with Gasteiger partial charge in [0.15, 0.2) is 0 Å². The number of carbonyl (C=O) groups is 3. The van der Waals surface area contributed by atoms with Crippen molar-refractivity contribution in [3.63, 3.8) is 0 Å². The van der Waals surface area contributed by atoms with Crippen LogP contribution in [0.3, 0.4) is 0 Å². The molecule has 0 saturated carbocycles. The van der Waals surface area contributed by atoms with Crippen LogP contribution in [0.5, 0.6) is 0 Å². The minimum absolute atomic E-state index is 0.0903. The van der Waals surface area contributed by atoms with Gasteiger partial charge in [0.25, 0.3) is 0 Å². The van der Waals surface area contributed by atoms with Gasteiger partial charge in [-0.25, -0.2) is 9.59 Å². The maximum Gasteiger partial charge on any atom is 0.328 e. The first-order valence-corrected chi connectivity index (χ1v) is 7.05. The van der Waals surface area contributed by atoms with Crippen LogP contribution in [0, 0.1) is 0 Å². The Kier molecular flexibility index (Phi) is 5.94. The van der Waals surface area contributed by atoms with Gasteiger partial charge in [0.2, 0.25) is 0 Å². The quantitative estimate of drug-likeness (QED) is 0.716. The lowest BCUT2D eigenvalue weighted by atomic mass is 10.2. The third-order valence-electron chi connectivity index (χ3n) is 2.79. The second-order valence-corrected chi connectivity index (χ2v) is 5.36. The molecule has 0 aliphatic carbocycles. The summed E-state index contributed by atoms with van der Waals surface area (Å²) >= 11 is 1.62. The van der Waals surface area contributed by atoms with E-state index in [0.29, 0.717) is 12.3 Å². The molecule has 0 aromatic rings. The van der Waals surface area contributed by atoms with Crippen molar-refractivity contribution in [3.8, 4) is 0 Å². The van der Waals surface area contributed by atoms with Gasteiger partial charge >= 0.3 is 18.0 Å². The summed E-state index contributed by atoms with van der Waals surface area (Å²) in [6.07, 6.45) is -0.0903. The first kappa shape index (κ1) is 15.6. The highest BCUT2D eigenvalue weighted by molar-refractivity contribution is 7.99. The lowest BCUT2D eigenvalue weighted by Crippen LogP contribution is -2.54. The van der Waals surface area contributed by atoms with E-state index in [1.807, 2.05) is 0 Å². The fraction of sp³-hybridized carbons (Fsp3) is 0.727. The summed E-state index contributed by atoms with van der Waals surface area (Å²) in [5.74, 6) is -0.122. The topological polar surface area (TPSA) is 95.9 Å². The minimum atomic E-state index is -0.939. The summed E-state index contributed by atoms with van der Waals surface area (Å²) in [5, 5.41) is 11.3. The van der Waals surface area contributed by atoms with Gasteiger partial charge in [-0.1, -0.05) is 0 Å². The summed E-state index contributed by atoms with van der Waals surface area (Å²) in [5.41, 5.74) is 0. The zero-order chi connectivity index (χ0) is 14.4. The van der Waals surface area contributed by atoms with Crippen LogP contribution >= 0.6 is 11.8 Å². The number of carboxylic acid groups (broad SMARTS) is 1. The first-order valence-electron chi connectivity index (χ1n) is 5.90. The third-order valence-corrected chi connectivity index (χ3v) is 3.89. The molecule has 19 heavy (non-hydrogen) atoms. The molecule has 0 spiro atoms. The van der Waals surface area contributed by atoms with Crippen LogP contribution in [-0.2, 0) is 14.3 Å². The number of hydrogen-bond donors (Lipinski definition) is 2. The van der Waals surface area contributed by atoms with Gasteiger partial charge < -0.3 is 20.1 Å². The van der Waals surface area contributed by atoms with Crippen molar-refractivity contribution in [2.24, 2.45) is 0 Å². The highest BCUT2D eigenvalue weighted by Gasteiger charge is 2.30. The molecule has 1 fully saturated rings. The number of carboxylic acids is 1. The monoisotopic (exact) mass is 290 g/mol. The fourth-order valence-corrected chi connectivity index (χ4v) is 2.86. The van der Waals surface area contributed by atoms with E-state index in [1.165, 1.54) is 18.9 Å². The molecule has 2 amide bonds. The molecule has 1 rings (SSSR count). The molecule has 7 nitrogen and oxygen atoms in total. The van der Waals surface area contributed by atoms with E-state index in [2.05, 4.69) is 10.1 Å². The van der Waals surface area contributed by atoms with Crippen LogP contribution in [0.2, 0.25) is 0 Å². The standard InChI is InChI=1S/C11H18N2O5S/c1-7(10(16)18-2)12-11(17)13-3-4-19-6-8(13)5-9(14)15/h7-8H,3-6H2,1-2H3,(H,12,17)(H,14,15). The Bertz CT molecular complexity index is 363. The molecule has 108 valence electrons. The summed E-state index contributed by atoms with van der Waals surface area (Å²) in [4.78, 5) is 35.5. The number of nitrogens with zero attached hydrogens (tertiary/aromatic N) is 1. The van der Waals surface area contributed by atoms with Gasteiger partial charge in [-0.15, -0.1) is 0 Å². The fourth-order valence-electron chi connectivity index (χ4n) is 1.80. The van der Waals surface area contributed by atoms with E-state index < -0.39 is 24.0 Å². The van der Waals surface area contributed by atoms with Crippen molar-refractivity contribution in [1.82, 2.24) is 10.2 Å². The minimum Gasteiger partial charge on any atom is -0.481 e. The van der Waals surface area contributed by atoms with Gasteiger partial charge in [0, 0.05) is 18.1 Å². The number of thioether (sulfide) groups is 1. The Morgan fingerprint density at radius 2 is 2.21 bits per heavy atom. The molecule has 0 radical (unpaired) electrons. The number of methoxy groups -OCH3 is 1. The second-order valence-electron chi connectivity index (χ2n) is 4.21. The number of ether oxygens (including phenoxy) is 1. The van der Waals surface area contributed by atoms with Crippen LogP contribution in [0.1, 0.15) is 13.3 Å². The molecule has 1 saturated heterocycles. The van der Waals surface area contributed by atoms with E-state index >= 15 is 0 Å². The van der Waals surface area contributed by atoms with E-state index in [0.717, 1.165) is 5.75 Å². The molecule has 2 atom stereocenters. The third kappa shape index (κ3) is 4.62. The van der Waals surface area contributed by atoms with Gasteiger partial charge in [-0.05, 0) is 6.92 Å².